The summed E-state index contributed by atoms with van der Waals surface area (Å²) in [7, 11) is 5.56. The summed E-state index contributed by atoms with van der Waals surface area (Å²) in [5.74, 6) is 0.484. The second-order valence-corrected chi connectivity index (χ2v) is 9.22. The highest BCUT2D eigenvalue weighted by Crippen LogP contribution is 2.41. The third kappa shape index (κ3) is 4.50. The molecule has 3 aromatic heterocycles. The first-order chi connectivity index (χ1) is 15.4. The molecule has 9 heteroatoms. The fourth-order valence-corrected chi connectivity index (χ4v) is 4.85. The molecular formula is C23H19Cl2N5OS. The summed E-state index contributed by atoms with van der Waals surface area (Å²) < 4.78 is 6.15. The van der Waals surface area contributed by atoms with Crippen LogP contribution in [0, 0.1) is 11.3 Å². The number of ether oxygens (including phenoxy) is 1. The van der Waals surface area contributed by atoms with E-state index in [-0.39, 0.29) is 0 Å². The van der Waals surface area contributed by atoms with E-state index in [1.807, 2.05) is 32.4 Å². The molecule has 0 fully saturated rings. The third-order valence-electron chi connectivity index (χ3n) is 4.75. The number of rotatable bonds is 6. The van der Waals surface area contributed by atoms with Crippen molar-refractivity contribution in [1.29, 1.82) is 5.26 Å². The normalized spacial score (nSPS) is 11.0. The molecule has 0 saturated heterocycles. The zero-order valence-corrected chi connectivity index (χ0v) is 19.9. The zero-order valence-electron chi connectivity index (χ0n) is 17.6. The number of thiophene rings is 1. The quantitative estimate of drug-likeness (QED) is 0.344. The number of methoxy groups -OCH3 is 1. The SMILES string of the molecule is COc1cc(Nc2c(C#N)cnc3cc(-c4ccc(CN(C)C)nc4)sc23)c(Cl)cc1Cl. The lowest BCUT2D eigenvalue weighted by atomic mass is 10.2. The Labute approximate surface area is 200 Å². The van der Waals surface area contributed by atoms with Gasteiger partial charge >= 0.3 is 0 Å². The first-order valence-electron chi connectivity index (χ1n) is 9.62. The lowest BCUT2D eigenvalue weighted by Crippen LogP contribution is -2.11. The van der Waals surface area contributed by atoms with Crippen molar-refractivity contribution in [2.75, 3.05) is 26.5 Å². The van der Waals surface area contributed by atoms with Gasteiger partial charge in [-0.3, -0.25) is 9.97 Å². The van der Waals surface area contributed by atoms with Crippen molar-refractivity contribution < 1.29 is 4.74 Å². The molecule has 0 unspecified atom stereocenters. The molecule has 0 amide bonds. The fraction of sp³-hybridized carbons (Fsp3) is 0.174. The average molecular weight is 484 g/mol. The Kier molecular flexibility index (Phi) is 6.49. The van der Waals surface area contributed by atoms with Crippen molar-refractivity contribution in [3.05, 3.63) is 64.0 Å². The largest absolute Gasteiger partial charge is 0.495 e. The molecule has 0 aliphatic rings. The summed E-state index contributed by atoms with van der Waals surface area (Å²) >= 11 is 14.1. The topological polar surface area (TPSA) is 74.1 Å². The molecule has 4 rings (SSSR count). The second-order valence-electron chi connectivity index (χ2n) is 7.35. The van der Waals surface area contributed by atoms with Gasteiger partial charge in [-0.05, 0) is 32.3 Å². The van der Waals surface area contributed by atoms with Crippen molar-refractivity contribution in [3.63, 3.8) is 0 Å². The predicted octanol–water partition coefficient (Wildman–Crippen LogP) is 6.35. The van der Waals surface area contributed by atoms with Gasteiger partial charge in [-0.1, -0.05) is 29.3 Å². The molecule has 1 aromatic carbocycles. The molecule has 0 aliphatic carbocycles. The number of fused-ring (bicyclic) bond motifs is 1. The van der Waals surface area contributed by atoms with Gasteiger partial charge in [0.05, 0.1) is 50.0 Å². The molecule has 4 aromatic rings. The van der Waals surface area contributed by atoms with E-state index in [2.05, 4.69) is 32.3 Å². The summed E-state index contributed by atoms with van der Waals surface area (Å²) in [6, 6.07) is 11.6. The Balaban J connectivity index is 1.77. The molecule has 6 nitrogen and oxygen atoms in total. The average Bonchev–Trinajstić information content (AvgIpc) is 3.20. The van der Waals surface area contributed by atoms with E-state index in [1.54, 1.807) is 18.3 Å². The van der Waals surface area contributed by atoms with Crippen molar-refractivity contribution in [2.24, 2.45) is 0 Å². The maximum Gasteiger partial charge on any atom is 0.139 e. The Bertz CT molecular complexity index is 1330. The van der Waals surface area contributed by atoms with Crippen LogP contribution >= 0.6 is 34.5 Å². The number of hydrogen-bond donors (Lipinski definition) is 1. The van der Waals surface area contributed by atoms with E-state index < -0.39 is 0 Å². The van der Waals surface area contributed by atoms with E-state index >= 15 is 0 Å². The van der Waals surface area contributed by atoms with Gasteiger partial charge in [0.2, 0.25) is 0 Å². The number of anilines is 2. The van der Waals surface area contributed by atoms with E-state index in [4.69, 9.17) is 27.9 Å². The highest BCUT2D eigenvalue weighted by molar-refractivity contribution is 7.22. The molecule has 0 saturated carbocycles. The van der Waals surface area contributed by atoms with Gasteiger partial charge in [0.25, 0.3) is 0 Å². The minimum Gasteiger partial charge on any atom is -0.495 e. The van der Waals surface area contributed by atoms with E-state index in [1.165, 1.54) is 18.4 Å². The van der Waals surface area contributed by atoms with Crippen LogP contribution in [0.4, 0.5) is 11.4 Å². The van der Waals surface area contributed by atoms with Crippen molar-refractivity contribution in [3.8, 4) is 22.3 Å². The second kappa shape index (κ2) is 9.31. The molecule has 3 heterocycles. The standard InChI is InChI=1S/C23H19Cl2N5OS/c1-30(2)12-15-5-4-13(10-27-15)21-8-19-23(32-21)22(14(9-26)11-28-19)29-18-7-20(31-3)17(25)6-16(18)24/h4-8,10-11H,12H2,1-3H3,(H,28,29). The maximum atomic E-state index is 9.68. The highest BCUT2D eigenvalue weighted by Gasteiger charge is 2.16. The Hall–Kier alpha value is -2.89. The van der Waals surface area contributed by atoms with E-state index in [0.29, 0.717) is 32.7 Å². The van der Waals surface area contributed by atoms with Crippen LogP contribution < -0.4 is 10.1 Å². The number of benzene rings is 1. The van der Waals surface area contributed by atoms with Gasteiger partial charge in [0.15, 0.2) is 0 Å². The molecule has 32 heavy (non-hydrogen) atoms. The molecule has 0 aliphatic heterocycles. The van der Waals surface area contributed by atoms with Gasteiger partial charge in [-0.25, -0.2) is 0 Å². The number of aromatic nitrogens is 2. The van der Waals surface area contributed by atoms with Crippen LogP contribution in [0.5, 0.6) is 5.75 Å². The van der Waals surface area contributed by atoms with E-state index in [9.17, 15) is 5.26 Å². The lowest BCUT2D eigenvalue weighted by molar-refractivity contribution is 0.397. The monoisotopic (exact) mass is 483 g/mol. The molecule has 0 atom stereocenters. The summed E-state index contributed by atoms with van der Waals surface area (Å²) in [5, 5.41) is 13.8. The van der Waals surface area contributed by atoms with Crippen LogP contribution in [0.2, 0.25) is 10.0 Å². The number of hydrogen-bond acceptors (Lipinski definition) is 7. The van der Waals surface area contributed by atoms with Gasteiger partial charge in [0.1, 0.15) is 11.8 Å². The predicted molar refractivity (Wildman–Crippen MR) is 131 cm³/mol. The van der Waals surface area contributed by atoms with Crippen LogP contribution in [0.15, 0.2) is 42.7 Å². The van der Waals surface area contributed by atoms with Crippen molar-refractivity contribution in [2.45, 2.75) is 6.54 Å². The Morgan fingerprint density at radius 2 is 1.94 bits per heavy atom. The first-order valence-corrected chi connectivity index (χ1v) is 11.2. The number of halogens is 2. The first kappa shape index (κ1) is 22.3. The van der Waals surface area contributed by atoms with Crippen LogP contribution in [-0.2, 0) is 6.54 Å². The minimum absolute atomic E-state index is 0.409. The lowest BCUT2D eigenvalue weighted by Gasteiger charge is -2.13. The molecule has 0 bridgehead atoms. The number of nitrogens with one attached hydrogen (secondary N) is 1. The number of nitrogens with zero attached hydrogens (tertiary/aromatic N) is 4. The molecule has 0 radical (unpaired) electrons. The minimum atomic E-state index is 0.409. The summed E-state index contributed by atoms with van der Waals surface area (Å²) in [6.45, 7) is 0.777. The Morgan fingerprint density at radius 3 is 2.59 bits per heavy atom. The fourth-order valence-electron chi connectivity index (χ4n) is 3.23. The highest BCUT2D eigenvalue weighted by atomic mass is 35.5. The van der Waals surface area contributed by atoms with Gasteiger partial charge in [-0.2, -0.15) is 5.26 Å². The number of pyridine rings is 2. The summed E-state index contributed by atoms with van der Waals surface area (Å²) in [4.78, 5) is 12.1. The molecule has 1 N–H and O–H groups in total. The molecule has 162 valence electrons. The van der Waals surface area contributed by atoms with Gasteiger partial charge < -0.3 is 15.0 Å². The van der Waals surface area contributed by atoms with Crippen LogP contribution in [0.3, 0.4) is 0 Å². The van der Waals surface area contributed by atoms with E-state index in [0.717, 1.165) is 32.9 Å². The molecular weight excluding hydrogens is 465 g/mol. The zero-order chi connectivity index (χ0) is 22.8. The summed E-state index contributed by atoms with van der Waals surface area (Å²) in [5.41, 5.74) is 4.40. The van der Waals surface area contributed by atoms with Crippen LogP contribution in [0.25, 0.3) is 20.7 Å². The van der Waals surface area contributed by atoms with Crippen LogP contribution in [-0.4, -0.2) is 36.1 Å². The van der Waals surface area contributed by atoms with Gasteiger partial charge in [0, 0.05) is 35.4 Å². The third-order valence-corrected chi connectivity index (χ3v) is 6.55. The molecule has 0 spiro atoms. The van der Waals surface area contributed by atoms with Crippen LogP contribution in [0.1, 0.15) is 11.3 Å². The number of nitriles is 1. The van der Waals surface area contributed by atoms with Crippen molar-refractivity contribution in [1.82, 2.24) is 14.9 Å². The smallest absolute Gasteiger partial charge is 0.139 e. The maximum absolute atomic E-state index is 9.68. The van der Waals surface area contributed by atoms with Crippen molar-refractivity contribution >= 4 is 56.1 Å². The van der Waals surface area contributed by atoms with Gasteiger partial charge in [-0.15, -0.1) is 11.3 Å². The summed E-state index contributed by atoms with van der Waals surface area (Å²) in [6.07, 6.45) is 3.42. The Morgan fingerprint density at radius 1 is 1.12 bits per heavy atom.